The lowest BCUT2D eigenvalue weighted by atomic mass is 10.1. The van der Waals surface area contributed by atoms with E-state index < -0.39 is 0 Å². The molecular weight excluding hydrogens is 286 g/mol. The molecule has 7 heteroatoms. The van der Waals surface area contributed by atoms with Gasteiger partial charge in [-0.3, -0.25) is 9.78 Å². The number of hydrogen-bond donors (Lipinski definition) is 2. The van der Waals surface area contributed by atoms with Crippen LogP contribution in [0.3, 0.4) is 0 Å². The lowest BCUT2D eigenvalue weighted by Crippen LogP contribution is -2.23. The molecule has 112 valence electrons. The normalized spacial score (nSPS) is 10.4. The zero-order valence-corrected chi connectivity index (χ0v) is 13.2. The Balaban J connectivity index is 2.07. The molecule has 1 amide bonds. The zero-order chi connectivity index (χ0) is 15.4. The smallest absolute Gasteiger partial charge is 0.265 e. The van der Waals surface area contributed by atoms with E-state index in [-0.39, 0.29) is 11.7 Å². The maximum Gasteiger partial charge on any atom is 0.265 e. The molecule has 3 N–H and O–H groups in total. The number of rotatable bonds is 5. The number of aromatic nitrogens is 2. The quantitative estimate of drug-likeness (QED) is 0.880. The minimum absolute atomic E-state index is 0.205. The number of pyridine rings is 1. The Morgan fingerprint density at radius 3 is 2.95 bits per heavy atom. The van der Waals surface area contributed by atoms with Crippen molar-refractivity contribution in [2.75, 3.05) is 24.2 Å². The first-order valence-electron chi connectivity index (χ1n) is 6.68. The van der Waals surface area contributed by atoms with Crippen LogP contribution in [0.15, 0.2) is 18.5 Å². The minimum Gasteiger partial charge on any atom is -0.382 e. The Bertz CT molecular complexity index is 640. The van der Waals surface area contributed by atoms with Gasteiger partial charge in [-0.15, -0.1) is 0 Å². The van der Waals surface area contributed by atoms with Gasteiger partial charge in [-0.1, -0.05) is 11.3 Å². The molecule has 0 aromatic carbocycles. The lowest BCUT2D eigenvalue weighted by molar-refractivity contribution is 0.0955. The number of nitrogen functional groups attached to an aromatic ring is 1. The standard InChI is InChI=1S/C14H19N5OS/c1-4-19(3)14-18-12(15)11(21-14)13(20)17-8-10-7-16-6-5-9(10)2/h5-7H,4,8,15H2,1-3H3,(H,17,20). The maximum atomic E-state index is 12.2. The number of nitrogens with one attached hydrogen (secondary N) is 1. The van der Waals surface area contributed by atoms with Crippen LogP contribution < -0.4 is 16.0 Å². The Hall–Kier alpha value is -2.15. The highest BCUT2D eigenvalue weighted by Gasteiger charge is 2.17. The van der Waals surface area contributed by atoms with Gasteiger partial charge < -0.3 is 16.0 Å². The summed E-state index contributed by atoms with van der Waals surface area (Å²) < 4.78 is 0. The SMILES string of the molecule is CCN(C)c1nc(N)c(C(=O)NCc2cnccc2C)s1. The summed E-state index contributed by atoms with van der Waals surface area (Å²) in [5.74, 6) is 0.0692. The van der Waals surface area contributed by atoms with Gasteiger partial charge in [0.25, 0.3) is 5.91 Å². The summed E-state index contributed by atoms with van der Waals surface area (Å²) in [6, 6.07) is 1.91. The summed E-state index contributed by atoms with van der Waals surface area (Å²) in [5, 5.41) is 3.61. The summed E-state index contributed by atoms with van der Waals surface area (Å²) in [5.41, 5.74) is 7.91. The van der Waals surface area contributed by atoms with Crippen LogP contribution >= 0.6 is 11.3 Å². The molecule has 2 aromatic rings. The molecule has 0 radical (unpaired) electrons. The number of nitrogens with two attached hydrogens (primary N) is 1. The third-order valence-corrected chi connectivity index (χ3v) is 4.42. The van der Waals surface area contributed by atoms with Crippen LogP contribution in [-0.4, -0.2) is 29.5 Å². The van der Waals surface area contributed by atoms with Gasteiger partial charge in [0.1, 0.15) is 10.7 Å². The second-order valence-electron chi connectivity index (χ2n) is 4.71. The van der Waals surface area contributed by atoms with Gasteiger partial charge in [0, 0.05) is 32.5 Å². The fraction of sp³-hybridized carbons (Fsp3) is 0.357. The van der Waals surface area contributed by atoms with E-state index in [0.717, 1.165) is 22.8 Å². The number of nitrogens with zero attached hydrogens (tertiary/aromatic N) is 3. The number of aryl methyl sites for hydroxylation is 1. The van der Waals surface area contributed by atoms with Crippen molar-refractivity contribution >= 4 is 28.2 Å². The van der Waals surface area contributed by atoms with Gasteiger partial charge >= 0.3 is 0 Å². The molecule has 0 atom stereocenters. The second-order valence-corrected chi connectivity index (χ2v) is 5.69. The summed E-state index contributed by atoms with van der Waals surface area (Å²) in [4.78, 5) is 22.9. The monoisotopic (exact) mass is 305 g/mol. The van der Waals surface area contributed by atoms with Gasteiger partial charge in [-0.2, -0.15) is 0 Å². The summed E-state index contributed by atoms with van der Waals surface area (Å²) in [7, 11) is 1.92. The van der Waals surface area contributed by atoms with E-state index in [9.17, 15) is 4.79 Å². The van der Waals surface area contributed by atoms with E-state index in [1.165, 1.54) is 11.3 Å². The Labute approximate surface area is 128 Å². The van der Waals surface area contributed by atoms with Gasteiger partial charge in [0.15, 0.2) is 5.13 Å². The first-order valence-corrected chi connectivity index (χ1v) is 7.49. The van der Waals surface area contributed by atoms with E-state index in [0.29, 0.717) is 11.4 Å². The summed E-state index contributed by atoms with van der Waals surface area (Å²) in [6.07, 6.45) is 3.48. The highest BCUT2D eigenvalue weighted by molar-refractivity contribution is 7.18. The molecule has 21 heavy (non-hydrogen) atoms. The summed E-state index contributed by atoms with van der Waals surface area (Å²) >= 11 is 1.30. The minimum atomic E-state index is -0.205. The van der Waals surface area contributed by atoms with Crippen molar-refractivity contribution in [3.8, 4) is 0 Å². The summed E-state index contributed by atoms with van der Waals surface area (Å²) in [6.45, 7) is 5.23. The fourth-order valence-corrected chi connectivity index (χ4v) is 2.65. The fourth-order valence-electron chi connectivity index (χ4n) is 1.72. The average molecular weight is 305 g/mol. The molecule has 2 rings (SSSR count). The van der Waals surface area contributed by atoms with Crippen LogP contribution in [-0.2, 0) is 6.54 Å². The van der Waals surface area contributed by atoms with E-state index in [1.54, 1.807) is 12.4 Å². The Kier molecular flexibility index (Phi) is 4.74. The topological polar surface area (TPSA) is 84.1 Å². The van der Waals surface area contributed by atoms with Crippen molar-refractivity contribution in [3.63, 3.8) is 0 Å². The van der Waals surface area contributed by atoms with Gasteiger partial charge in [-0.25, -0.2) is 4.98 Å². The maximum absolute atomic E-state index is 12.2. The van der Waals surface area contributed by atoms with Crippen molar-refractivity contribution in [3.05, 3.63) is 34.5 Å². The molecule has 2 heterocycles. The van der Waals surface area contributed by atoms with Crippen molar-refractivity contribution < 1.29 is 4.79 Å². The number of hydrogen-bond acceptors (Lipinski definition) is 6. The van der Waals surface area contributed by atoms with E-state index >= 15 is 0 Å². The second kappa shape index (κ2) is 6.53. The molecular formula is C14H19N5OS. The molecule has 0 spiro atoms. The van der Waals surface area contributed by atoms with Gasteiger partial charge in [0.2, 0.25) is 0 Å². The highest BCUT2D eigenvalue weighted by atomic mass is 32.1. The molecule has 0 saturated heterocycles. The van der Waals surface area contributed by atoms with E-state index in [1.807, 2.05) is 31.9 Å². The van der Waals surface area contributed by atoms with Gasteiger partial charge in [0.05, 0.1) is 0 Å². The molecule has 0 saturated carbocycles. The van der Waals surface area contributed by atoms with Crippen LogP contribution in [0, 0.1) is 6.92 Å². The van der Waals surface area contributed by atoms with Crippen molar-refractivity contribution in [1.82, 2.24) is 15.3 Å². The number of anilines is 2. The largest absolute Gasteiger partial charge is 0.382 e. The Morgan fingerprint density at radius 1 is 1.52 bits per heavy atom. The molecule has 2 aromatic heterocycles. The van der Waals surface area contributed by atoms with Crippen LogP contribution in [0.5, 0.6) is 0 Å². The molecule has 0 aliphatic rings. The van der Waals surface area contributed by atoms with E-state index in [4.69, 9.17) is 5.73 Å². The van der Waals surface area contributed by atoms with Crippen LogP contribution in [0.1, 0.15) is 27.7 Å². The molecule has 0 unspecified atom stereocenters. The Morgan fingerprint density at radius 2 is 2.29 bits per heavy atom. The third-order valence-electron chi connectivity index (χ3n) is 3.24. The zero-order valence-electron chi connectivity index (χ0n) is 12.4. The van der Waals surface area contributed by atoms with Crippen molar-refractivity contribution in [2.24, 2.45) is 0 Å². The van der Waals surface area contributed by atoms with Crippen molar-refractivity contribution in [2.45, 2.75) is 20.4 Å². The molecule has 0 fully saturated rings. The average Bonchev–Trinajstić information content (AvgIpc) is 2.87. The number of carbonyl (C=O) groups is 1. The van der Waals surface area contributed by atoms with Crippen LogP contribution in [0.4, 0.5) is 10.9 Å². The predicted molar refractivity (Wildman–Crippen MR) is 85.6 cm³/mol. The van der Waals surface area contributed by atoms with Crippen LogP contribution in [0.2, 0.25) is 0 Å². The van der Waals surface area contributed by atoms with E-state index in [2.05, 4.69) is 15.3 Å². The predicted octanol–water partition coefficient (Wildman–Crippen LogP) is 1.81. The first kappa shape index (κ1) is 15.2. The first-order chi connectivity index (χ1) is 10.0. The molecule has 6 nitrogen and oxygen atoms in total. The number of amides is 1. The van der Waals surface area contributed by atoms with Gasteiger partial charge in [-0.05, 0) is 31.0 Å². The lowest BCUT2D eigenvalue weighted by Gasteiger charge is -2.10. The number of thiazole rings is 1. The third kappa shape index (κ3) is 3.49. The molecule has 0 aliphatic heterocycles. The van der Waals surface area contributed by atoms with Crippen molar-refractivity contribution in [1.29, 1.82) is 0 Å². The van der Waals surface area contributed by atoms with Crippen LogP contribution in [0.25, 0.3) is 0 Å². The highest BCUT2D eigenvalue weighted by Crippen LogP contribution is 2.27. The number of carbonyl (C=O) groups excluding carboxylic acids is 1. The molecule has 0 aliphatic carbocycles. The molecule has 0 bridgehead atoms.